The molecular weight excluding hydrogens is 316 g/mol. The maximum absolute atomic E-state index is 6.31. The third-order valence-corrected chi connectivity index (χ3v) is 6.13. The highest BCUT2D eigenvalue weighted by Crippen LogP contribution is 2.64. The van der Waals surface area contributed by atoms with Crippen LogP contribution in [0.1, 0.15) is 34.6 Å². The molecule has 1 spiro atoms. The lowest BCUT2D eigenvalue weighted by Gasteiger charge is -2.40. The summed E-state index contributed by atoms with van der Waals surface area (Å²) in [5.41, 5.74) is 6.60. The van der Waals surface area contributed by atoms with Gasteiger partial charge < -0.3 is 4.74 Å². The Hall–Kier alpha value is -3.06. The van der Waals surface area contributed by atoms with E-state index in [1.165, 1.54) is 27.8 Å². The van der Waals surface area contributed by atoms with E-state index >= 15 is 0 Å². The standard InChI is InChI=1S/C25H18O/c1-3-11-19-17(9-1)18-10-2-4-12-20(18)25(19)21-13-5-7-15-23(21)26-24-16-8-6-14-22(24)25/h1-9,11-16,18H,10H2. The van der Waals surface area contributed by atoms with Crippen molar-refractivity contribution in [3.05, 3.63) is 119 Å². The molecule has 1 aliphatic heterocycles. The van der Waals surface area contributed by atoms with Gasteiger partial charge in [0.25, 0.3) is 0 Å². The fraction of sp³-hybridized carbons (Fsp3) is 0.120. The summed E-state index contributed by atoms with van der Waals surface area (Å²) >= 11 is 0. The van der Waals surface area contributed by atoms with Crippen LogP contribution in [0.15, 0.2) is 96.6 Å². The van der Waals surface area contributed by atoms with Crippen molar-refractivity contribution in [3.63, 3.8) is 0 Å². The van der Waals surface area contributed by atoms with Crippen LogP contribution in [-0.2, 0) is 5.41 Å². The maximum atomic E-state index is 6.31. The van der Waals surface area contributed by atoms with Crippen LogP contribution < -0.4 is 4.74 Å². The van der Waals surface area contributed by atoms with Crippen LogP contribution in [0.3, 0.4) is 0 Å². The first-order chi connectivity index (χ1) is 12.9. The maximum Gasteiger partial charge on any atom is 0.132 e. The zero-order valence-corrected chi connectivity index (χ0v) is 14.4. The lowest BCUT2D eigenvalue weighted by molar-refractivity contribution is 0.433. The van der Waals surface area contributed by atoms with Crippen molar-refractivity contribution in [3.8, 4) is 11.5 Å². The zero-order chi connectivity index (χ0) is 17.1. The van der Waals surface area contributed by atoms with E-state index in [-0.39, 0.29) is 5.41 Å². The molecule has 0 saturated carbocycles. The van der Waals surface area contributed by atoms with Gasteiger partial charge in [0.15, 0.2) is 0 Å². The Bertz CT molecular complexity index is 1060. The van der Waals surface area contributed by atoms with Crippen LogP contribution >= 0.6 is 0 Å². The lowest BCUT2D eigenvalue weighted by Crippen LogP contribution is -2.33. The van der Waals surface area contributed by atoms with Crippen molar-refractivity contribution < 1.29 is 4.74 Å². The highest BCUT2D eigenvalue weighted by Gasteiger charge is 2.54. The Labute approximate surface area is 153 Å². The number of benzene rings is 3. The Kier molecular flexibility index (Phi) is 2.71. The van der Waals surface area contributed by atoms with Crippen LogP contribution in [0.2, 0.25) is 0 Å². The van der Waals surface area contributed by atoms with E-state index < -0.39 is 0 Å². The van der Waals surface area contributed by atoms with Gasteiger partial charge in [0.1, 0.15) is 11.5 Å². The van der Waals surface area contributed by atoms with Crippen molar-refractivity contribution in [1.29, 1.82) is 0 Å². The van der Waals surface area contributed by atoms with Gasteiger partial charge >= 0.3 is 0 Å². The minimum absolute atomic E-state index is 0.253. The predicted molar refractivity (Wildman–Crippen MR) is 104 cm³/mol. The van der Waals surface area contributed by atoms with Crippen molar-refractivity contribution >= 4 is 0 Å². The fourth-order valence-corrected chi connectivity index (χ4v) is 5.20. The van der Waals surface area contributed by atoms with Crippen LogP contribution in [0, 0.1) is 0 Å². The van der Waals surface area contributed by atoms with Gasteiger partial charge in [0.05, 0.1) is 5.41 Å². The van der Waals surface area contributed by atoms with E-state index in [2.05, 4.69) is 91.0 Å². The molecule has 3 aliphatic rings. The zero-order valence-electron chi connectivity index (χ0n) is 14.4. The van der Waals surface area contributed by atoms with Crippen LogP contribution in [0.25, 0.3) is 0 Å². The highest BCUT2D eigenvalue weighted by molar-refractivity contribution is 5.75. The summed E-state index contributed by atoms with van der Waals surface area (Å²) in [6.45, 7) is 0. The minimum Gasteiger partial charge on any atom is -0.457 e. The third kappa shape index (κ3) is 1.56. The molecule has 1 atom stereocenters. The smallest absolute Gasteiger partial charge is 0.132 e. The van der Waals surface area contributed by atoms with Gasteiger partial charge in [-0.15, -0.1) is 0 Å². The molecule has 1 heteroatoms. The number of fused-ring (bicyclic) bond motifs is 9. The number of hydrogen-bond acceptors (Lipinski definition) is 1. The molecule has 0 fully saturated rings. The highest BCUT2D eigenvalue weighted by atomic mass is 16.5. The summed E-state index contributed by atoms with van der Waals surface area (Å²) in [5, 5.41) is 0. The lowest BCUT2D eigenvalue weighted by atomic mass is 9.65. The minimum atomic E-state index is -0.253. The van der Waals surface area contributed by atoms with Crippen molar-refractivity contribution in [2.24, 2.45) is 0 Å². The van der Waals surface area contributed by atoms with E-state index in [1.807, 2.05) is 0 Å². The van der Waals surface area contributed by atoms with Gasteiger partial charge in [0.2, 0.25) is 0 Å². The number of rotatable bonds is 0. The molecule has 3 aromatic carbocycles. The molecular formula is C25H18O. The van der Waals surface area contributed by atoms with Crippen LogP contribution in [0.4, 0.5) is 0 Å². The summed E-state index contributed by atoms with van der Waals surface area (Å²) in [5.74, 6) is 2.38. The molecule has 0 N–H and O–H groups in total. The molecule has 0 radical (unpaired) electrons. The topological polar surface area (TPSA) is 9.23 Å². The van der Waals surface area contributed by atoms with E-state index in [1.54, 1.807) is 0 Å². The molecule has 0 aromatic heterocycles. The second-order valence-corrected chi connectivity index (χ2v) is 7.27. The van der Waals surface area contributed by atoms with E-state index in [0.29, 0.717) is 5.92 Å². The normalized spacial score (nSPS) is 20.5. The second kappa shape index (κ2) is 4.98. The average Bonchev–Trinajstić information content (AvgIpc) is 3.00. The SMILES string of the molecule is C1=CCC2C(=C1)C1(c3ccccc3Oc3ccccc31)c1ccccc12. The van der Waals surface area contributed by atoms with Crippen molar-refractivity contribution in [2.45, 2.75) is 17.8 Å². The molecule has 26 heavy (non-hydrogen) atoms. The average molecular weight is 334 g/mol. The van der Waals surface area contributed by atoms with Gasteiger partial charge in [0, 0.05) is 17.0 Å². The number of ether oxygens (including phenoxy) is 1. The summed E-state index contributed by atoms with van der Waals surface area (Å²) < 4.78 is 6.31. The molecule has 124 valence electrons. The van der Waals surface area contributed by atoms with E-state index in [9.17, 15) is 0 Å². The number of allylic oxidation sites excluding steroid dienone is 4. The second-order valence-electron chi connectivity index (χ2n) is 7.27. The molecule has 1 heterocycles. The Morgan fingerprint density at radius 3 is 2.08 bits per heavy atom. The number of para-hydroxylation sites is 2. The summed E-state index contributed by atoms with van der Waals surface area (Å²) in [6.07, 6.45) is 7.92. The molecule has 3 aromatic rings. The third-order valence-electron chi connectivity index (χ3n) is 6.13. The van der Waals surface area contributed by atoms with Gasteiger partial charge in [-0.1, -0.05) is 78.9 Å². The van der Waals surface area contributed by atoms with Crippen LogP contribution in [0.5, 0.6) is 11.5 Å². The Balaban J connectivity index is 1.82. The van der Waals surface area contributed by atoms with Gasteiger partial charge in [-0.2, -0.15) is 0 Å². The molecule has 0 amide bonds. The van der Waals surface area contributed by atoms with E-state index in [4.69, 9.17) is 4.74 Å². The van der Waals surface area contributed by atoms with Gasteiger partial charge in [-0.05, 0) is 35.3 Å². The predicted octanol–water partition coefficient (Wildman–Crippen LogP) is 6.11. The van der Waals surface area contributed by atoms with E-state index in [0.717, 1.165) is 17.9 Å². The molecule has 0 bridgehead atoms. The summed E-state index contributed by atoms with van der Waals surface area (Å²) in [6, 6.07) is 26.0. The first kappa shape index (κ1) is 14.1. The first-order valence-corrected chi connectivity index (χ1v) is 9.24. The first-order valence-electron chi connectivity index (χ1n) is 9.24. The number of hydrogen-bond donors (Lipinski definition) is 0. The van der Waals surface area contributed by atoms with Crippen molar-refractivity contribution in [1.82, 2.24) is 0 Å². The molecule has 6 rings (SSSR count). The van der Waals surface area contributed by atoms with Crippen LogP contribution in [-0.4, -0.2) is 0 Å². The van der Waals surface area contributed by atoms with Gasteiger partial charge in [-0.25, -0.2) is 0 Å². The van der Waals surface area contributed by atoms with Crippen molar-refractivity contribution in [2.75, 3.05) is 0 Å². The fourth-order valence-electron chi connectivity index (χ4n) is 5.20. The van der Waals surface area contributed by atoms with Gasteiger partial charge in [-0.3, -0.25) is 0 Å². The summed E-state index contributed by atoms with van der Waals surface area (Å²) in [7, 11) is 0. The molecule has 1 unspecified atom stereocenters. The summed E-state index contributed by atoms with van der Waals surface area (Å²) in [4.78, 5) is 0. The quantitative estimate of drug-likeness (QED) is 0.482. The molecule has 0 saturated heterocycles. The molecule has 2 aliphatic carbocycles. The Morgan fingerprint density at radius 1 is 0.731 bits per heavy atom. The monoisotopic (exact) mass is 334 g/mol. The molecule has 1 nitrogen and oxygen atoms in total. The largest absolute Gasteiger partial charge is 0.457 e. The Morgan fingerprint density at radius 2 is 1.35 bits per heavy atom.